The van der Waals surface area contributed by atoms with E-state index < -0.39 is 0 Å². The molecule has 108 valence electrons. The predicted molar refractivity (Wildman–Crippen MR) is 76.1 cm³/mol. The van der Waals surface area contributed by atoms with Crippen molar-refractivity contribution in [2.45, 2.75) is 39.3 Å². The highest BCUT2D eigenvalue weighted by Crippen LogP contribution is 2.39. The summed E-state index contributed by atoms with van der Waals surface area (Å²) < 4.78 is 16.2. The Bertz CT molecular complexity index is 389. The van der Waals surface area contributed by atoms with Crippen LogP contribution in [0, 0.1) is 0 Å². The second-order valence-corrected chi connectivity index (χ2v) is 4.51. The van der Waals surface area contributed by atoms with E-state index in [-0.39, 0.29) is 0 Å². The average Bonchev–Trinajstić information content (AvgIpc) is 2.47. The standard InChI is InChI=1S/C15H25NO3/c1-6-12(7-2)16-10-11-8-9-13(17-3)15(19-5)14(11)18-4/h8-9,12,16H,6-7,10H2,1-5H3/p+1. The van der Waals surface area contributed by atoms with Crippen LogP contribution in [-0.2, 0) is 6.54 Å². The van der Waals surface area contributed by atoms with Crippen LogP contribution >= 0.6 is 0 Å². The lowest BCUT2D eigenvalue weighted by molar-refractivity contribution is -0.705. The van der Waals surface area contributed by atoms with Crippen LogP contribution in [0.25, 0.3) is 0 Å². The fourth-order valence-electron chi connectivity index (χ4n) is 2.24. The van der Waals surface area contributed by atoms with Gasteiger partial charge in [-0.05, 0) is 25.0 Å². The lowest BCUT2D eigenvalue weighted by atomic mass is 10.1. The molecule has 0 saturated carbocycles. The van der Waals surface area contributed by atoms with Gasteiger partial charge in [0.2, 0.25) is 5.75 Å². The molecule has 1 aromatic rings. The molecule has 0 radical (unpaired) electrons. The fourth-order valence-corrected chi connectivity index (χ4v) is 2.24. The molecule has 4 nitrogen and oxygen atoms in total. The molecule has 4 heteroatoms. The van der Waals surface area contributed by atoms with Crippen molar-refractivity contribution >= 4 is 0 Å². The summed E-state index contributed by atoms with van der Waals surface area (Å²) in [5, 5.41) is 2.35. The third-order valence-electron chi connectivity index (χ3n) is 3.51. The van der Waals surface area contributed by atoms with Crippen molar-refractivity contribution in [3.8, 4) is 17.2 Å². The fraction of sp³-hybridized carbons (Fsp3) is 0.600. The summed E-state index contributed by atoms with van der Waals surface area (Å²) in [4.78, 5) is 0. The summed E-state index contributed by atoms with van der Waals surface area (Å²) in [6, 6.07) is 4.62. The Hall–Kier alpha value is -1.42. The van der Waals surface area contributed by atoms with Crippen molar-refractivity contribution in [2.75, 3.05) is 21.3 Å². The van der Waals surface area contributed by atoms with Crippen molar-refractivity contribution < 1.29 is 19.5 Å². The van der Waals surface area contributed by atoms with Crippen LogP contribution in [0.3, 0.4) is 0 Å². The minimum Gasteiger partial charge on any atom is -0.493 e. The molecule has 1 aromatic carbocycles. The van der Waals surface area contributed by atoms with Crippen LogP contribution in [0.1, 0.15) is 32.3 Å². The van der Waals surface area contributed by atoms with Gasteiger partial charge in [0, 0.05) is 0 Å². The predicted octanol–water partition coefficient (Wildman–Crippen LogP) is 1.96. The monoisotopic (exact) mass is 268 g/mol. The zero-order valence-corrected chi connectivity index (χ0v) is 12.7. The Kier molecular flexibility index (Phi) is 6.50. The SMILES string of the molecule is CCC(CC)[NH2+]Cc1ccc(OC)c(OC)c1OC. The van der Waals surface area contributed by atoms with Crippen LogP contribution < -0.4 is 19.5 Å². The maximum atomic E-state index is 5.48. The molecule has 0 aliphatic carbocycles. The van der Waals surface area contributed by atoms with Crippen molar-refractivity contribution in [1.29, 1.82) is 0 Å². The maximum Gasteiger partial charge on any atom is 0.203 e. The minimum absolute atomic E-state index is 0.651. The van der Waals surface area contributed by atoms with Crippen LogP contribution in [-0.4, -0.2) is 27.4 Å². The molecule has 0 aliphatic rings. The first-order valence-electron chi connectivity index (χ1n) is 6.82. The zero-order chi connectivity index (χ0) is 14.3. The molecule has 2 N–H and O–H groups in total. The second-order valence-electron chi connectivity index (χ2n) is 4.51. The molecule has 0 fully saturated rings. The molecule has 0 atom stereocenters. The quantitative estimate of drug-likeness (QED) is 0.784. The number of methoxy groups -OCH3 is 3. The molecule has 0 bridgehead atoms. The van der Waals surface area contributed by atoms with Gasteiger partial charge in [0.05, 0.1) is 32.9 Å². The van der Waals surface area contributed by atoms with E-state index in [2.05, 4.69) is 19.2 Å². The Morgan fingerprint density at radius 1 is 0.947 bits per heavy atom. The molecule has 19 heavy (non-hydrogen) atoms. The van der Waals surface area contributed by atoms with Crippen molar-refractivity contribution in [2.24, 2.45) is 0 Å². The molecule has 0 aliphatic heterocycles. The molecule has 0 heterocycles. The lowest BCUT2D eigenvalue weighted by Gasteiger charge is -2.17. The third-order valence-corrected chi connectivity index (χ3v) is 3.51. The topological polar surface area (TPSA) is 44.3 Å². The van der Waals surface area contributed by atoms with Crippen molar-refractivity contribution in [3.63, 3.8) is 0 Å². The minimum atomic E-state index is 0.651. The van der Waals surface area contributed by atoms with E-state index in [1.54, 1.807) is 21.3 Å². The van der Waals surface area contributed by atoms with E-state index in [9.17, 15) is 0 Å². The molecule has 1 rings (SSSR count). The largest absolute Gasteiger partial charge is 0.493 e. The normalized spacial score (nSPS) is 10.6. The lowest BCUT2D eigenvalue weighted by Crippen LogP contribution is -2.88. The molecule has 0 saturated heterocycles. The Morgan fingerprint density at radius 2 is 1.58 bits per heavy atom. The second kappa shape index (κ2) is 7.89. The highest BCUT2D eigenvalue weighted by molar-refractivity contribution is 5.55. The summed E-state index contributed by atoms with van der Waals surface area (Å²) in [6.45, 7) is 5.32. The van der Waals surface area contributed by atoms with Gasteiger partial charge >= 0.3 is 0 Å². The summed E-state index contributed by atoms with van der Waals surface area (Å²) in [6.07, 6.45) is 2.35. The molecular formula is C15H26NO3+. The van der Waals surface area contributed by atoms with Gasteiger partial charge in [-0.25, -0.2) is 0 Å². The first kappa shape index (κ1) is 15.6. The Balaban J connectivity index is 2.94. The number of hydrogen-bond acceptors (Lipinski definition) is 3. The highest BCUT2D eigenvalue weighted by Gasteiger charge is 2.17. The summed E-state index contributed by atoms with van der Waals surface area (Å²) in [5.74, 6) is 2.13. The number of nitrogens with two attached hydrogens (primary N) is 1. The molecular weight excluding hydrogens is 242 g/mol. The summed E-state index contributed by atoms with van der Waals surface area (Å²) >= 11 is 0. The summed E-state index contributed by atoms with van der Waals surface area (Å²) in [5.41, 5.74) is 1.13. The van der Waals surface area contributed by atoms with E-state index in [0.717, 1.165) is 17.9 Å². The van der Waals surface area contributed by atoms with Gasteiger partial charge in [-0.1, -0.05) is 13.8 Å². The highest BCUT2D eigenvalue weighted by atomic mass is 16.5. The number of hydrogen-bond donors (Lipinski definition) is 1. The number of quaternary nitrogens is 1. The van der Waals surface area contributed by atoms with Crippen LogP contribution in [0.5, 0.6) is 17.2 Å². The maximum absolute atomic E-state index is 5.48. The third kappa shape index (κ3) is 3.77. The van der Waals surface area contributed by atoms with Crippen LogP contribution in [0.2, 0.25) is 0 Å². The van der Waals surface area contributed by atoms with Gasteiger partial charge in [-0.3, -0.25) is 0 Å². The van der Waals surface area contributed by atoms with Crippen molar-refractivity contribution in [1.82, 2.24) is 0 Å². The van der Waals surface area contributed by atoms with Crippen molar-refractivity contribution in [3.05, 3.63) is 17.7 Å². The van der Waals surface area contributed by atoms with Gasteiger partial charge in [0.15, 0.2) is 11.5 Å². The van der Waals surface area contributed by atoms with Gasteiger partial charge in [-0.2, -0.15) is 0 Å². The van der Waals surface area contributed by atoms with E-state index in [4.69, 9.17) is 14.2 Å². The smallest absolute Gasteiger partial charge is 0.203 e. The van der Waals surface area contributed by atoms with E-state index in [1.807, 2.05) is 12.1 Å². The van der Waals surface area contributed by atoms with Gasteiger partial charge in [0.25, 0.3) is 0 Å². The number of rotatable bonds is 8. The molecule has 0 aromatic heterocycles. The van der Waals surface area contributed by atoms with E-state index in [1.165, 1.54) is 12.8 Å². The number of benzene rings is 1. The summed E-state index contributed by atoms with van der Waals surface area (Å²) in [7, 11) is 4.93. The zero-order valence-electron chi connectivity index (χ0n) is 12.7. The van der Waals surface area contributed by atoms with Crippen LogP contribution in [0.4, 0.5) is 0 Å². The van der Waals surface area contributed by atoms with E-state index >= 15 is 0 Å². The van der Waals surface area contributed by atoms with Gasteiger partial charge in [0.1, 0.15) is 6.54 Å². The Labute approximate surface area is 116 Å². The first-order valence-corrected chi connectivity index (χ1v) is 6.82. The van der Waals surface area contributed by atoms with E-state index in [0.29, 0.717) is 17.5 Å². The number of ether oxygens (including phenoxy) is 3. The molecule has 0 unspecified atom stereocenters. The average molecular weight is 268 g/mol. The first-order chi connectivity index (χ1) is 9.21. The molecule has 0 amide bonds. The van der Waals surface area contributed by atoms with Gasteiger partial charge < -0.3 is 19.5 Å². The van der Waals surface area contributed by atoms with Crippen LogP contribution in [0.15, 0.2) is 12.1 Å². The molecule has 0 spiro atoms. The van der Waals surface area contributed by atoms with Gasteiger partial charge in [-0.15, -0.1) is 0 Å². The Morgan fingerprint density at radius 3 is 2.05 bits per heavy atom.